The molecule has 23 heavy (non-hydrogen) atoms. The molecule has 0 heterocycles. The maximum absolute atomic E-state index is 11.7. The monoisotopic (exact) mass is 310 g/mol. The highest BCUT2D eigenvalue weighted by molar-refractivity contribution is 5.69. The van der Waals surface area contributed by atoms with Crippen LogP contribution in [0.5, 0.6) is 0 Å². The van der Waals surface area contributed by atoms with Crippen molar-refractivity contribution in [1.82, 2.24) is 0 Å². The Kier molecular flexibility index (Phi) is 5.42. The van der Waals surface area contributed by atoms with Gasteiger partial charge in [0.15, 0.2) is 0 Å². The van der Waals surface area contributed by atoms with E-state index in [1.165, 1.54) is 12.1 Å². The van der Waals surface area contributed by atoms with Gasteiger partial charge in [-0.05, 0) is 41.8 Å². The number of non-ortho nitro benzene ring substituents is 1. The van der Waals surface area contributed by atoms with Crippen molar-refractivity contribution in [2.24, 2.45) is 0 Å². The van der Waals surface area contributed by atoms with Crippen molar-refractivity contribution in [1.29, 1.82) is 5.26 Å². The molecule has 0 saturated heterocycles. The summed E-state index contributed by atoms with van der Waals surface area (Å²) in [6, 6.07) is 14.9. The van der Waals surface area contributed by atoms with Crippen LogP contribution in [-0.2, 0) is 22.6 Å². The number of hydrogen-bond donors (Lipinski definition) is 0. The molecule has 0 bridgehead atoms. The van der Waals surface area contributed by atoms with Gasteiger partial charge in [-0.1, -0.05) is 12.1 Å². The van der Waals surface area contributed by atoms with Crippen LogP contribution in [0.15, 0.2) is 48.5 Å². The van der Waals surface area contributed by atoms with Crippen molar-refractivity contribution < 1.29 is 14.5 Å². The molecule has 0 unspecified atom stereocenters. The third-order valence-electron chi connectivity index (χ3n) is 3.25. The third kappa shape index (κ3) is 4.93. The highest BCUT2D eigenvalue weighted by Crippen LogP contribution is 2.13. The van der Waals surface area contributed by atoms with E-state index >= 15 is 0 Å². The highest BCUT2D eigenvalue weighted by atomic mass is 16.6. The highest BCUT2D eigenvalue weighted by Gasteiger charge is 2.07. The smallest absolute Gasteiger partial charge is 0.306 e. The van der Waals surface area contributed by atoms with Crippen LogP contribution in [0, 0.1) is 21.4 Å². The number of carbonyl (C=O) groups excluding carboxylic acids is 1. The van der Waals surface area contributed by atoms with E-state index in [0.717, 1.165) is 5.56 Å². The van der Waals surface area contributed by atoms with E-state index in [2.05, 4.69) is 0 Å². The first kappa shape index (κ1) is 16.2. The van der Waals surface area contributed by atoms with Crippen molar-refractivity contribution in [3.05, 3.63) is 75.3 Å². The first-order valence-electron chi connectivity index (χ1n) is 6.96. The summed E-state index contributed by atoms with van der Waals surface area (Å²) >= 11 is 0. The lowest BCUT2D eigenvalue weighted by atomic mass is 10.1. The van der Waals surface area contributed by atoms with Gasteiger partial charge in [0.1, 0.15) is 6.61 Å². The van der Waals surface area contributed by atoms with E-state index < -0.39 is 4.92 Å². The summed E-state index contributed by atoms with van der Waals surface area (Å²) in [6.07, 6.45) is 0.768. The van der Waals surface area contributed by atoms with Crippen LogP contribution in [0.4, 0.5) is 5.69 Å². The Morgan fingerprint density at radius 2 is 1.70 bits per heavy atom. The number of nitro groups is 1. The zero-order chi connectivity index (χ0) is 16.7. The third-order valence-corrected chi connectivity index (χ3v) is 3.25. The van der Waals surface area contributed by atoms with Gasteiger partial charge in [0.25, 0.3) is 5.69 Å². The molecule has 0 aliphatic heterocycles. The topological polar surface area (TPSA) is 93.2 Å². The lowest BCUT2D eigenvalue weighted by Gasteiger charge is -2.05. The number of aryl methyl sites for hydroxylation is 1. The second kappa shape index (κ2) is 7.71. The molecular weight excluding hydrogens is 296 g/mol. The molecule has 6 heteroatoms. The van der Waals surface area contributed by atoms with Crippen molar-refractivity contribution in [2.45, 2.75) is 19.4 Å². The Labute approximate surface area is 133 Å². The number of benzene rings is 2. The van der Waals surface area contributed by atoms with Crippen LogP contribution in [0.25, 0.3) is 0 Å². The minimum atomic E-state index is -0.479. The molecule has 6 nitrogen and oxygen atoms in total. The molecule has 0 radical (unpaired) electrons. The number of hydrogen-bond acceptors (Lipinski definition) is 5. The van der Waals surface area contributed by atoms with Crippen LogP contribution in [-0.4, -0.2) is 10.9 Å². The zero-order valence-electron chi connectivity index (χ0n) is 12.3. The summed E-state index contributed by atoms with van der Waals surface area (Å²) in [4.78, 5) is 21.8. The molecule has 0 aliphatic carbocycles. The quantitative estimate of drug-likeness (QED) is 0.464. The zero-order valence-corrected chi connectivity index (χ0v) is 12.3. The van der Waals surface area contributed by atoms with E-state index in [9.17, 15) is 14.9 Å². The van der Waals surface area contributed by atoms with Gasteiger partial charge < -0.3 is 4.74 Å². The number of nitro benzene ring substituents is 1. The molecule has 0 saturated carbocycles. The number of esters is 1. The minimum absolute atomic E-state index is 0.000826. The van der Waals surface area contributed by atoms with Crippen molar-refractivity contribution in [3.8, 4) is 6.07 Å². The number of ether oxygens (including phenoxy) is 1. The molecule has 0 aliphatic rings. The van der Waals surface area contributed by atoms with Gasteiger partial charge in [0.05, 0.1) is 16.6 Å². The van der Waals surface area contributed by atoms with Crippen LogP contribution in [0.1, 0.15) is 23.1 Å². The molecular formula is C17H14N2O4. The maximum Gasteiger partial charge on any atom is 0.306 e. The summed E-state index contributed by atoms with van der Waals surface area (Å²) in [7, 11) is 0. The summed E-state index contributed by atoms with van der Waals surface area (Å²) in [6.45, 7) is 0.0875. The number of nitrogens with zero attached hydrogens (tertiary/aromatic N) is 2. The number of nitriles is 1. The molecule has 0 atom stereocenters. The Hall–Kier alpha value is -3.20. The number of rotatable bonds is 6. The molecule has 2 rings (SSSR count). The molecule has 2 aromatic rings. The Morgan fingerprint density at radius 1 is 1.09 bits per heavy atom. The fourth-order valence-electron chi connectivity index (χ4n) is 1.94. The largest absolute Gasteiger partial charge is 0.461 e. The second-order valence-electron chi connectivity index (χ2n) is 4.89. The summed E-state index contributed by atoms with van der Waals surface area (Å²) in [5, 5.41) is 19.3. The van der Waals surface area contributed by atoms with Gasteiger partial charge in [-0.3, -0.25) is 14.9 Å². The van der Waals surface area contributed by atoms with Gasteiger partial charge in [-0.2, -0.15) is 5.26 Å². The summed E-state index contributed by atoms with van der Waals surface area (Å²) < 4.78 is 5.13. The van der Waals surface area contributed by atoms with E-state index in [0.29, 0.717) is 17.5 Å². The molecule has 0 fully saturated rings. The Morgan fingerprint density at radius 3 is 2.26 bits per heavy atom. The number of carbonyl (C=O) groups is 1. The SMILES string of the molecule is N#Cc1ccc(CCC(=O)OCc2ccc([N+](=O)[O-])cc2)cc1. The van der Waals surface area contributed by atoms with Crippen LogP contribution in [0.3, 0.4) is 0 Å². The first-order valence-corrected chi connectivity index (χ1v) is 6.96. The van der Waals surface area contributed by atoms with Crippen molar-refractivity contribution in [2.75, 3.05) is 0 Å². The summed E-state index contributed by atoms with van der Waals surface area (Å²) in [5.74, 6) is -0.340. The van der Waals surface area contributed by atoms with Gasteiger partial charge >= 0.3 is 5.97 Å². The van der Waals surface area contributed by atoms with E-state index in [1.807, 2.05) is 18.2 Å². The normalized spacial score (nSPS) is 9.87. The van der Waals surface area contributed by atoms with Gasteiger partial charge in [-0.25, -0.2) is 0 Å². The first-order chi connectivity index (χ1) is 11.1. The Bertz CT molecular complexity index is 731. The average Bonchev–Trinajstić information content (AvgIpc) is 2.59. The van der Waals surface area contributed by atoms with Crippen molar-refractivity contribution in [3.63, 3.8) is 0 Å². The van der Waals surface area contributed by atoms with Gasteiger partial charge in [0.2, 0.25) is 0 Å². The van der Waals surface area contributed by atoms with Crippen LogP contribution in [0.2, 0.25) is 0 Å². The van der Waals surface area contributed by atoms with Crippen LogP contribution >= 0.6 is 0 Å². The molecule has 116 valence electrons. The molecule has 0 aromatic heterocycles. The minimum Gasteiger partial charge on any atom is -0.461 e. The Balaban J connectivity index is 1.78. The second-order valence-corrected chi connectivity index (χ2v) is 4.89. The molecule has 0 N–H and O–H groups in total. The predicted octanol–water partition coefficient (Wildman–Crippen LogP) is 3.14. The molecule has 0 spiro atoms. The van der Waals surface area contributed by atoms with E-state index in [1.54, 1.807) is 24.3 Å². The van der Waals surface area contributed by atoms with Gasteiger partial charge in [-0.15, -0.1) is 0 Å². The maximum atomic E-state index is 11.7. The average molecular weight is 310 g/mol. The molecule has 2 aromatic carbocycles. The standard InChI is InChI=1S/C17H14N2O4/c18-11-14-3-1-13(2-4-14)7-10-17(20)23-12-15-5-8-16(9-6-15)19(21)22/h1-6,8-9H,7,10,12H2. The fourth-order valence-corrected chi connectivity index (χ4v) is 1.94. The lowest BCUT2D eigenvalue weighted by Crippen LogP contribution is -2.06. The van der Waals surface area contributed by atoms with Crippen molar-refractivity contribution >= 4 is 11.7 Å². The summed E-state index contributed by atoms with van der Waals surface area (Å²) in [5.41, 5.74) is 2.23. The fraction of sp³-hybridized carbons (Fsp3) is 0.176. The molecule has 0 amide bonds. The van der Waals surface area contributed by atoms with Crippen LogP contribution < -0.4 is 0 Å². The lowest BCUT2D eigenvalue weighted by molar-refractivity contribution is -0.384. The predicted molar refractivity (Wildman–Crippen MR) is 82.4 cm³/mol. The van der Waals surface area contributed by atoms with E-state index in [4.69, 9.17) is 10.00 Å². The van der Waals surface area contributed by atoms with E-state index in [-0.39, 0.29) is 24.7 Å². The van der Waals surface area contributed by atoms with Gasteiger partial charge in [0, 0.05) is 18.6 Å².